The Morgan fingerprint density at radius 1 is 1.41 bits per heavy atom. The Kier molecular flexibility index (Phi) is 3.40. The quantitative estimate of drug-likeness (QED) is 0.832. The van der Waals surface area contributed by atoms with Crippen molar-refractivity contribution in [3.8, 4) is 6.07 Å². The minimum absolute atomic E-state index is 0.650. The zero-order valence-corrected chi connectivity index (χ0v) is 10.7. The highest BCUT2D eigenvalue weighted by Crippen LogP contribution is 2.22. The van der Waals surface area contributed by atoms with Crippen LogP contribution in [0.25, 0.3) is 0 Å². The van der Waals surface area contributed by atoms with Crippen LogP contribution in [0.4, 0.5) is 5.13 Å². The van der Waals surface area contributed by atoms with Crippen LogP contribution in [0.15, 0.2) is 30.5 Å². The van der Waals surface area contributed by atoms with Crippen molar-refractivity contribution in [3.63, 3.8) is 0 Å². The van der Waals surface area contributed by atoms with Crippen molar-refractivity contribution in [2.75, 3.05) is 11.9 Å². The van der Waals surface area contributed by atoms with Gasteiger partial charge in [-0.15, -0.1) is 0 Å². The van der Waals surface area contributed by atoms with E-state index in [-0.39, 0.29) is 0 Å². The molecule has 0 saturated carbocycles. The van der Waals surface area contributed by atoms with Crippen LogP contribution in [0, 0.1) is 18.3 Å². The highest BCUT2D eigenvalue weighted by molar-refractivity contribution is 7.16. The van der Waals surface area contributed by atoms with E-state index >= 15 is 0 Å². The minimum Gasteiger partial charge on any atom is -0.347 e. The third kappa shape index (κ3) is 2.63. The van der Waals surface area contributed by atoms with Crippen LogP contribution in [0.2, 0.25) is 0 Å². The van der Waals surface area contributed by atoms with Crippen LogP contribution in [0.1, 0.15) is 16.0 Å². The van der Waals surface area contributed by atoms with Gasteiger partial charge >= 0.3 is 0 Å². The predicted octanol–water partition coefficient (Wildman–Crippen LogP) is 2.96. The Morgan fingerprint density at radius 3 is 2.82 bits per heavy atom. The number of anilines is 1. The number of aromatic nitrogens is 1. The molecule has 0 unspecified atom stereocenters. The first-order valence-corrected chi connectivity index (χ1v) is 6.14. The lowest BCUT2D eigenvalue weighted by atomic mass is 10.1. The Labute approximate surface area is 105 Å². The molecule has 0 saturated heterocycles. The summed E-state index contributed by atoms with van der Waals surface area (Å²) in [5.41, 5.74) is 2.56. The lowest BCUT2D eigenvalue weighted by molar-refractivity contribution is 0.906. The van der Waals surface area contributed by atoms with Crippen molar-refractivity contribution < 1.29 is 0 Å². The molecule has 0 atom stereocenters. The van der Waals surface area contributed by atoms with E-state index in [2.05, 4.69) is 35.0 Å². The number of thiazole rings is 1. The molecule has 0 radical (unpaired) electrons. The van der Waals surface area contributed by atoms with Gasteiger partial charge in [0.05, 0.1) is 6.20 Å². The maximum absolute atomic E-state index is 8.77. The molecule has 4 heteroatoms. The van der Waals surface area contributed by atoms with Crippen LogP contribution >= 0.6 is 11.3 Å². The van der Waals surface area contributed by atoms with Gasteiger partial charge in [-0.25, -0.2) is 4.98 Å². The zero-order chi connectivity index (χ0) is 12.3. The molecule has 0 N–H and O–H groups in total. The molecule has 17 heavy (non-hydrogen) atoms. The van der Waals surface area contributed by atoms with Gasteiger partial charge in [0.1, 0.15) is 10.9 Å². The lowest BCUT2D eigenvalue weighted by Gasteiger charge is -2.16. The molecule has 0 amide bonds. The van der Waals surface area contributed by atoms with Crippen molar-refractivity contribution in [2.24, 2.45) is 0 Å². The van der Waals surface area contributed by atoms with Crippen LogP contribution in [-0.2, 0) is 6.54 Å². The summed E-state index contributed by atoms with van der Waals surface area (Å²) in [5, 5.41) is 9.65. The molecular formula is C13H13N3S. The zero-order valence-electron chi connectivity index (χ0n) is 9.84. The molecule has 1 aromatic heterocycles. The van der Waals surface area contributed by atoms with Crippen molar-refractivity contribution >= 4 is 16.5 Å². The van der Waals surface area contributed by atoms with Crippen LogP contribution in [0.3, 0.4) is 0 Å². The highest BCUT2D eigenvalue weighted by Gasteiger charge is 2.08. The van der Waals surface area contributed by atoms with E-state index in [0.29, 0.717) is 4.88 Å². The first kappa shape index (κ1) is 11.6. The molecule has 1 heterocycles. The van der Waals surface area contributed by atoms with Crippen molar-refractivity contribution in [1.29, 1.82) is 5.26 Å². The summed E-state index contributed by atoms with van der Waals surface area (Å²) >= 11 is 1.42. The fourth-order valence-electron chi connectivity index (χ4n) is 1.60. The topological polar surface area (TPSA) is 39.9 Å². The van der Waals surface area contributed by atoms with Gasteiger partial charge in [0.2, 0.25) is 0 Å². The molecule has 0 spiro atoms. The van der Waals surface area contributed by atoms with Gasteiger partial charge in [0.25, 0.3) is 0 Å². The van der Waals surface area contributed by atoms with Gasteiger partial charge in [-0.05, 0) is 18.1 Å². The van der Waals surface area contributed by atoms with Crippen LogP contribution in [-0.4, -0.2) is 12.0 Å². The number of nitriles is 1. The van der Waals surface area contributed by atoms with Gasteiger partial charge < -0.3 is 4.90 Å². The summed E-state index contributed by atoms with van der Waals surface area (Å²) in [6, 6.07) is 10.4. The summed E-state index contributed by atoms with van der Waals surface area (Å²) in [5.74, 6) is 0. The monoisotopic (exact) mass is 243 g/mol. The Hall–Kier alpha value is -1.86. The molecule has 0 aliphatic rings. The number of benzene rings is 1. The molecule has 0 bridgehead atoms. The van der Waals surface area contributed by atoms with Crippen molar-refractivity contribution in [3.05, 3.63) is 46.5 Å². The van der Waals surface area contributed by atoms with Gasteiger partial charge in [0, 0.05) is 13.6 Å². The van der Waals surface area contributed by atoms with E-state index in [1.807, 2.05) is 19.2 Å². The van der Waals surface area contributed by atoms with Crippen LogP contribution in [0.5, 0.6) is 0 Å². The predicted molar refractivity (Wildman–Crippen MR) is 70.1 cm³/mol. The second-order valence-electron chi connectivity index (χ2n) is 3.90. The van der Waals surface area contributed by atoms with E-state index in [4.69, 9.17) is 5.26 Å². The lowest BCUT2D eigenvalue weighted by Crippen LogP contribution is -2.16. The Morgan fingerprint density at radius 2 is 2.18 bits per heavy atom. The third-order valence-corrected chi connectivity index (χ3v) is 3.62. The summed E-state index contributed by atoms with van der Waals surface area (Å²) in [7, 11) is 1.99. The summed E-state index contributed by atoms with van der Waals surface area (Å²) in [6.07, 6.45) is 1.62. The smallest absolute Gasteiger partial charge is 0.186 e. The van der Waals surface area contributed by atoms with Crippen molar-refractivity contribution in [1.82, 2.24) is 4.98 Å². The molecule has 2 aromatic rings. The average Bonchev–Trinajstić information content (AvgIpc) is 2.81. The van der Waals surface area contributed by atoms with E-state index < -0.39 is 0 Å². The molecule has 2 rings (SSSR count). The number of aryl methyl sites for hydroxylation is 1. The molecule has 0 aliphatic heterocycles. The number of rotatable bonds is 3. The van der Waals surface area contributed by atoms with E-state index in [1.54, 1.807) is 6.20 Å². The van der Waals surface area contributed by atoms with Gasteiger partial charge in [-0.1, -0.05) is 35.6 Å². The average molecular weight is 243 g/mol. The first-order valence-electron chi connectivity index (χ1n) is 5.32. The number of hydrogen-bond donors (Lipinski definition) is 0. The minimum atomic E-state index is 0.650. The van der Waals surface area contributed by atoms with E-state index in [1.165, 1.54) is 22.5 Å². The summed E-state index contributed by atoms with van der Waals surface area (Å²) in [4.78, 5) is 6.95. The molecule has 86 valence electrons. The number of nitrogens with zero attached hydrogens (tertiary/aromatic N) is 3. The normalized spacial score (nSPS) is 9.94. The largest absolute Gasteiger partial charge is 0.347 e. The molecule has 0 fully saturated rings. The third-order valence-electron chi connectivity index (χ3n) is 2.60. The Bertz CT molecular complexity index is 554. The maximum atomic E-state index is 8.77. The molecule has 0 aliphatic carbocycles. The second kappa shape index (κ2) is 4.98. The second-order valence-corrected chi connectivity index (χ2v) is 4.91. The van der Waals surface area contributed by atoms with Crippen molar-refractivity contribution in [2.45, 2.75) is 13.5 Å². The van der Waals surface area contributed by atoms with Crippen LogP contribution < -0.4 is 4.90 Å². The maximum Gasteiger partial charge on any atom is 0.186 e. The SMILES string of the molecule is Cc1ccccc1CN(C)c1ncc(C#N)s1. The number of hydrogen-bond acceptors (Lipinski definition) is 4. The Balaban J connectivity index is 2.14. The standard InChI is InChI=1S/C13H13N3S/c1-10-5-3-4-6-11(10)9-16(2)13-15-8-12(7-14)17-13/h3-6,8H,9H2,1-2H3. The van der Waals surface area contributed by atoms with Gasteiger partial charge in [-0.2, -0.15) is 5.26 Å². The van der Waals surface area contributed by atoms with E-state index in [9.17, 15) is 0 Å². The van der Waals surface area contributed by atoms with Gasteiger partial charge in [0.15, 0.2) is 5.13 Å². The fourth-order valence-corrected chi connectivity index (χ4v) is 2.28. The molecular weight excluding hydrogens is 230 g/mol. The fraction of sp³-hybridized carbons (Fsp3) is 0.231. The molecule has 3 nitrogen and oxygen atoms in total. The highest BCUT2D eigenvalue weighted by atomic mass is 32.1. The molecule has 1 aromatic carbocycles. The van der Waals surface area contributed by atoms with Gasteiger partial charge in [-0.3, -0.25) is 0 Å². The van der Waals surface area contributed by atoms with E-state index in [0.717, 1.165) is 11.7 Å². The first-order chi connectivity index (χ1) is 8.20. The summed E-state index contributed by atoms with van der Waals surface area (Å²) in [6.45, 7) is 2.91. The summed E-state index contributed by atoms with van der Waals surface area (Å²) < 4.78 is 0.